The summed E-state index contributed by atoms with van der Waals surface area (Å²) in [5.74, 6) is -0.717. The number of ether oxygens (including phenoxy) is 2. The number of nitrogen functional groups attached to an aromatic ring is 1. The molecular formula is C15H20N2O4. The van der Waals surface area contributed by atoms with Crippen molar-refractivity contribution in [2.45, 2.75) is 20.0 Å². The molecule has 0 bridgehead atoms. The van der Waals surface area contributed by atoms with Gasteiger partial charge in [-0.1, -0.05) is 0 Å². The normalized spacial score (nSPS) is 16.4. The van der Waals surface area contributed by atoms with E-state index in [1.54, 1.807) is 30.0 Å². The molecule has 1 aliphatic rings. The molecule has 1 saturated heterocycles. The van der Waals surface area contributed by atoms with Gasteiger partial charge >= 0.3 is 5.97 Å². The Labute approximate surface area is 123 Å². The summed E-state index contributed by atoms with van der Waals surface area (Å²) >= 11 is 0. The molecule has 1 aromatic rings. The monoisotopic (exact) mass is 292 g/mol. The van der Waals surface area contributed by atoms with Crippen molar-refractivity contribution in [3.05, 3.63) is 29.3 Å². The molecule has 1 unspecified atom stereocenters. The Balaban J connectivity index is 1.97. The van der Waals surface area contributed by atoms with Gasteiger partial charge in [-0.05, 0) is 37.6 Å². The van der Waals surface area contributed by atoms with Crippen molar-refractivity contribution in [3.63, 3.8) is 0 Å². The lowest BCUT2D eigenvalue weighted by Gasteiger charge is -2.28. The molecule has 6 heteroatoms. The zero-order valence-corrected chi connectivity index (χ0v) is 12.3. The van der Waals surface area contributed by atoms with Crippen LogP contribution in [0.3, 0.4) is 0 Å². The number of rotatable bonds is 3. The molecule has 0 radical (unpaired) electrons. The molecule has 1 fully saturated rings. The number of amides is 1. The van der Waals surface area contributed by atoms with Crippen LogP contribution in [0.4, 0.5) is 5.69 Å². The Morgan fingerprint density at radius 3 is 2.62 bits per heavy atom. The molecule has 0 spiro atoms. The third-order valence-electron chi connectivity index (χ3n) is 3.46. The van der Waals surface area contributed by atoms with Crippen LogP contribution in [-0.2, 0) is 14.3 Å². The van der Waals surface area contributed by atoms with Crippen molar-refractivity contribution in [2.24, 2.45) is 0 Å². The van der Waals surface area contributed by atoms with Crippen LogP contribution in [0.1, 0.15) is 22.8 Å². The molecule has 1 atom stereocenters. The van der Waals surface area contributed by atoms with Crippen LogP contribution >= 0.6 is 0 Å². The largest absolute Gasteiger partial charge is 0.449 e. The summed E-state index contributed by atoms with van der Waals surface area (Å²) < 4.78 is 10.4. The molecule has 2 rings (SSSR count). The van der Waals surface area contributed by atoms with E-state index in [2.05, 4.69) is 0 Å². The Hall–Kier alpha value is -2.08. The number of carbonyl (C=O) groups excluding carboxylic acids is 2. The van der Waals surface area contributed by atoms with E-state index in [9.17, 15) is 9.59 Å². The highest BCUT2D eigenvalue weighted by Gasteiger charge is 2.25. The summed E-state index contributed by atoms with van der Waals surface area (Å²) in [6.45, 7) is 5.49. The quantitative estimate of drug-likeness (QED) is 0.663. The molecule has 1 amide bonds. The number of carbonyl (C=O) groups is 2. The van der Waals surface area contributed by atoms with Crippen molar-refractivity contribution >= 4 is 17.6 Å². The summed E-state index contributed by atoms with van der Waals surface area (Å²) in [5, 5.41) is 0. The van der Waals surface area contributed by atoms with Crippen LogP contribution in [-0.4, -0.2) is 49.2 Å². The minimum atomic E-state index is -0.812. The topological polar surface area (TPSA) is 81.9 Å². The van der Waals surface area contributed by atoms with Gasteiger partial charge in [-0.3, -0.25) is 4.79 Å². The number of hydrogen-bond donors (Lipinski definition) is 1. The van der Waals surface area contributed by atoms with Gasteiger partial charge in [0.05, 0.1) is 18.8 Å². The fourth-order valence-corrected chi connectivity index (χ4v) is 2.12. The molecule has 6 nitrogen and oxygen atoms in total. The zero-order chi connectivity index (χ0) is 15.4. The molecule has 1 aromatic carbocycles. The Morgan fingerprint density at radius 1 is 1.33 bits per heavy atom. The van der Waals surface area contributed by atoms with Gasteiger partial charge in [-0.15, -0.1) is 0 Å². The van der Waals surface area contributed by atoms with Gasteiger partial charge < -0.3 is 20.1 Å². The highest BCUT2D eigenvalue weighted by atomic mass is 16.5. The average Bonchev–Trinajstić information content (AvgIpc) is 2.50. The van der Waals surface area contributed by atoms with E-state index < -0.39 is 12.1 Å². The number of nitrogens with two attached hydrogens (primary N) is 1. The molecule has 2 N–H and O–H groups in total. The predicted molar refractivity (Wildman–Crippen MR) is 77.9 cm³/mol. The van der Waals surface area contributed by atoms with Gasteiger partial charge in [0.2, 0.25) is 0 Å². The Bertz CT molecular complexity index is 538. The van der Waals surface area contributed by atoms with E-state index in [-0.39, 0.29) is 5.91 Å². The van der Waals surface area contributed by atoms with Gasteiger partial charge in [0.25, 0.3) is 5.91 Å². The third kappa shape index (κ3) is 3.72. The molecular weight excluding hydrogens is 272 g/mol. The Morgan fingerprint density at radius 2 is 2.00 bits per heavy atom. The fraction of sp³-hybridized carbons (Fsp3) is 0.467. The number of hydrogen-bond acceptors (Lipinski definition) is 5. The van der Waals surface area contributed by atoms with Crippen molar-refractivity contribution < 1.29 is 19.1 Å². The smallest absolute Gasteiger partial charge is 0.338 e. The van der Waals surface area contributed by atoms with Crippen molar-refractivity contribution in [1.29, 1.82) is 0 Å². The predicted octanol–water partition coefficient (Wildman–Crippen LogP) is 0.981. The first kappa shape index (κ1) is 15.3. The highest BCUT2D eigenvalue weighted by Crippen LogP contribution is 2.14. The summed E-state index contributed by atoms with van der Waals surface area (Å²) in [6, 6.07) is 4.90. The first-order valence-corrected chi connectivity index (χ1v) is 6.92. The van der Waals surface area contributed by atoms with Crippen molar-refractivity contribution in [1.82, 2.24) is 4.90 Å². The maximum Gasteiger partial charge on any atom is 0.338 e. The summed E-state index contributed by atoms with van der Waals surface area (Å²) in [4.78, 5) is 25.9. The van der Waals surface area contributed by atoms with E-state index in [1.165, 1.54) is 0 Å². The lowest BCUT2D eigenvalue weighted by molar-refractivity contribution is -0.143. The van der Waals surface area contributed by atoms with E-state index >= 15 is 0 Å². The Kier molecular flexibility index (Phi) is 4.80. The molecule has 0 aliphatic carbocycles. The minimum Gasteiger partial charge on any atom is -0.449 e. The van der Waals surface area contributed by atoms with Crippen molar-refractivity contribution in [2.75, 3.05) is 32.0 Å². The van der Waals surface area contributed by atoms with Gasteiger partial charge in [0, 0.05) is 18.8 Å². The highest BCUT2D eigenvalue weighted by molar-refractivity contribution is 5.92. The second kappa shape index (κ2) is 6.58. The van der Waals surface area contributed by atoms with Crippen LogP contribution in [0, 0.1) is 6.92 Å². The lowest BCUT2D eigenvalue weighted by Crippen LogP contribution is -2.46. The summed E-state index contributed by atoms with van der Waals surface area (Å²) in [5.41, 5.74) is 7.52. The number of anilines is 1. The summed E-state index contributed by atoms with van der Waals surface area (Å²) in [6.07, 6.45) is -0.812. The number of morpholine rings is 1. The molecule has 1 aliphatic heterocycles. The average molecular weight is 292 g/mol. The van der Waals surface area contributed by atoms with Crippen LogP contribution < -0.4 is 5.73 Å². The fourth-order valence-electron chi connectivity index (χ4n) is 2.12. The van der Waals surface area contributed by atoms with E-state index in [0.29, 0.717) is 37.6 Å². The lowest BCUT2D eigenvalue weighted by atomic mass is 10.1. The van der Waals surface area contributed by atoms with Gasteiger partial charge in [-0.2, -0.15) is 0 Å². The SMILES string of the molecule is Cc1cc(C(=O)OC(C)C(=O)N2CCOCC2)ccc1N. The third-order valence-corrected chi connectivity index (χ3v) is 3.46. The molecule has 0 aromatic heterocycles. The number of benzene rings is 1. The standard InChI is InChI=1S/C15H20N2O4/c1-10-9-12(3-4-13(10)16)15(19)21-11(2)14(18)17-5-7-20-8-6-17/h3-4,9,11H,5-8,16H2,1-2H3. The zero-order valence-electron chi connectivity index (χ0n) is 12.3. The maximum absolute atomic E-state index is 12.2. The van der Waals surface area contributed by atoms with Gasteiger partial charge in [-0.25, -0.2) is 4.79 Å². The second-order valence-electron chi connectivity index (χ2n) is 5.06. The van der Waals surface area contributed by atoms with Crippen LogP contribution in [0.5, 0.6) is 0 Å². The summed E-state index contributed by atoms with van der Waals surface area (Å²) in [7, 11) is 0. The second-order valence-corrected chi connectivity index (χ2v) is 5.06. The van der Waals surface area contributed by atoms with Crippen LogP contribution in [0.15, 0.2) is 18.2 Å². The van der Waals surface area contributed by atoms with E-state index in [4.69, 9.17) is 15.2 Å². The number of esters is 1. The van der Waals surface area contributed by atoms with Crippen LogP contribution in [0.25, 0.3) is 0 Å². The molecule has 0 saturated carbocycles. The van der Waals surface area contributed by atoms with Crippen molar-refractivity contribution in [3.8, 4) is 0 Å². The van der Waals surface area contributed by atoms with Crippen LogP contribution in [0.2, 0.25) is 0 Å². The minimum absolute atomic E-state index is 0.196. The molecule has 114 valence electrons. The molecule has 1 heterocycles. The first-order valence-electron chi connectivity index (χ1n) is 6.92. The van der Waals surface area contributed by atoms with E-state index in [1.807, 2.05) is 6.92 Å². The molecule has 21 heavy (non-hydrogen) atoms. The first-order chi connectivity index (χ1) is 9.99. The van der Waals surface area contributed by atoms with E-state index in [0.717, 1.165) is 5.56 Å². The maximum atomic E-state index is 12.2. The van der Waals surface area contributed by atoms with Gasteiger partial charge in [0.1, 0.15) is 0 Å². The number of aryl methyl sites for hydroxylation is 1. The number of nitrogens with zero attached hydrogens (tertiary/aromatic N) is 1. The van der Waals surface area contributed by atoms with Gasteiger partial charge in [0.15, 0.2) is 6.10 Å².